The Morgan fingerprint density at radius 1 is 1.25 bits per heavy atom. The molecular formula is C17H24O3. The highest BCUT2D eigenvalue weighted by Crippen LogP contribution is 2.29. The highest BCUT2D eigenvalue weighted by Gasteiger charge is 2.27. The monoisotopic (exact) mass is 276 g/mol. The van der Waals surface area contributed by atoms with E-state index in [2.05, 4.69) is 0 Å². The van der Waals surface area contributed by atoms with Crippen molar-refractivity contribution in [3.05, 3.63) is 30.3 Å². The summed E-state index contributed by atoms with van der Waals surface area (Å²) in [4.78, 5) is 12.0. The van der Waals surface area contributed by atoms with Gasteiger partial charge < -0.3 is 9.84 Å². The maximum Gasteiger partial charge on any atom is 0.316 e. The van der Waals surface area contributed by atoms with E-state index in [0.717, 1.165) is 0 Å². The molecule has 0 spiro atoms. The van der Waals surface area contributed by atoms with E-state index in [4.69, 9.17) is 4.74 Å². The van der Waals surface area contributed by atoms with Crippen LogP contribution in [0, 0.1) is 11.8 Å². The van der Waals surface area contributed by atoms with Gasteiger partial charge in [-0.05, 0) is 31.4 Å². The lowest BCUT2D eigenvalue weighted by Crippen LogP contribution is -2.31. The molecular weight excluding hydrogens is 252 g/mol. The van der Waals surface area contributed by atoms with E-state index in [1.807, 2.05) is 18.2 Å². The zero-order chi connectivity index (χ0) is 14.4. The predicted octanol–water partition coefficient (Wildman–Crippen LogP) is 3.56. The number of aliphatic hydroxyl groups excluding tert-OH is 1. The molecule has 0 aliphatic heterocycles. The average Bonchev–Trinajstić information content (AvgIpc) is 2.48. The topological polar surface area (TPSA) is 46.5 Å². The van der Waals surface area contributed by atoms with Gasteiger partial charge in [-0.15, -0.1) is 0 Å². The summed E-state index contributed by atoms with van der Waals surface area (Å²) in [6.45, 7) is 1.75. The van der Waals surface area contributed by atoms with Crippen molar-refractivity contribution in [2.24, 2.45) is 11.8 Å². The Hall–Kier alpha value is -1.35. The van der Waals surface area contributed by atoms with E-state index in [1.54, 1.807) is 19.1 Å². The Morgan fingerprint density at radius 2 is 1.90 bits per heavy atom. The third-order valence-electron chi connectivity index (χ3n) is 4.21. The number of ether oxygens (including phenoxy) is 1. The summed E-state index contributed by atoms with van der Waals surface area (Å²) < 4.78 is 5.29. The molecule has 1 fully saturated rings. The standard InChI is InChI=1S/C17H24O3/c1-13(16(18)12-14-8-4-2-5-9-14)17(19)20-15-10-6-3-7-11-15/h3,6-7,10-11,13-14,16,18H,2,4-5,8-9,12H2,1H3/t13-,16+/m1/s1. The Kier molecular flexibility index (Phi) is 5.60. The van der Waals surface area contributed by atoms with Crippen LogP contribution in [0.4, 0.5) is 0 Å². The minimum absolute atomic E-state index is 0.348. The molecule has 1 aromatic rings. The van der Waals surface area contributed by atoms with Gasteiger partial charge in [0.15, 0.2) is 0 Å². The van der Waals surface area contributed by atoms with Gasteiger partial charge in [0.05, 0.1) is 12.0 Å². The number of hydrogen-bond donors (Lipinski definition) is 1. The van der Waals surface area contributed by atoms with Crippen LogP contribution in [-0.2, 0) is 4.79 Å². The fraction of sp³-hybridized carbons (Fsp3) is 0.588. The summed E-state index contributed by atoms with van der Waals surface area (Å²) in [7, 11) is 0. The van der Waals surface area contributed by atoms with Crippen molar-refractivity contribution in [1.82, 2.24) is 0 Å². The van der Waals surface area contributed by atoms with E-state index < -0.39 is 12.0 Å². The second-order valence-corrected chi connectivity index (χ2v) is 5.83. The van der Waals surface area contributed by atoms with Crippen molar-refractivity contribution in [3.63, 3.8) is 0 Å². The van der Waals surface area contributed by atoms with Gasteiger partial charge >= 0.3 is 5.97 Å². The number of carbonyl (C=O) groups excluding carboxylic acids is 1. The van der Waals surface area contributed by atoms with Gasteiger partial charge in [-0.1, -0.05) is 50.3 Å². The third-order valence-corrected chi connectivity index (χ3v) is 4.21. The molecule has 0 heterocycles. The van der Waals surface area contributed by atoms with Crippen molar-refractivity contribution in [2.75, 3.05) is 0 Å². The summed E-state index contributed by atoms with van der Waals surface area (Å²) in [5, 5.41) is 10.2. The summed E-state index contributed by atoms with van der Waals surface area (Å²) in [5.41, 5.74) is 0. The summed E-state index contributed by atoms with van der Waals surface area (Å²) in [5.74, 6) is 0.275. The Labute approximate surface area is 121 Å². The molecule has 1 aliphatic rings. The lowest BCUT2D eigenvalue weighted by molar-refractivity contribution is -0.142. The molecule has 3 heteroatoms. The summed E-state index contributed by atoms with van der Waals surface area (Å²) >= 11 is 0. The smallest absolute Gasteiger partial charge is 0.316 e. The molecule has 2 atom stereocenters. The van der Waals surface area contributed by atoms with Gasteiger partial charge in [0.2, 0.25) is 0 Å². The Bertz CT molecular complexity index is 410. The molecule has 0 saturated heterocycles. The van der Waals surface area contributed by atoms with Crippen LogP contribution in [0.25, 0.3) is 0 Å². The van der Waals surface area contributed by atoms with E-state index in [9.17, 15) is 9.90 Å². The zero-order valence-electron chi connectivity index (χ0n) is 12.1. The number of para-hydroxylation sites is 1. The minimum Gasteiger partial charge on any atom is -0.426 e. The number of hydrogen-bond acceptors (Lipinski definition) is 3. The van der Waals surface area contributed by atoms with Crippen LogP contribution in [-0.4, -0.2) is 17.2 Å². The fourth-order valence-corrected chi connectivity index (χ4v) is 2.82. The van der Waals surface area contributed by atoms with Crippen LogP contribution in [0.1, 0.15) is 45.4 Å². The van der Waals surface area contributed by atoms with E-state index in [0.29, 0.717) is 18.1 Å². The first kappa shape index (κ1) is 15.0. The highest BCUT2D eigenvalue weighted by atomic mass is 16.5. The zero-order valence-corrected chi connectivity index (χ0v) is 12.1. The van der Waals surface area contributed by atoms with Crippen LogP contribution in [0.2, 0.25) is 0 Å². The summed E-state index contributed by atoms with van der Waals surface area (Å²) in [6, 6.07) is 9.02. The predicted molar refractivity (Wildman–Crippen MR) is 78.4 cm³/mol. The first-order valence-corrected chi connectivity index (χ1v) is 7.61. The van der Waals surface area contributed by atoms with Gasteiger partial charge in [0.1, 0.15) is 5.75 Å². The van der Waals surface area contributed by atoms with Gasteiger partial charge in [0, 0.05) is 0 Å². The van der Waals surface area contributed by atoms with Crippen molar-refractivity contribution < 1.29 is 14.6 Å². The fourth-order valence-electron chi connectivity index (χ4n) is 2.82. The van der Waals surface area contributed by atoms with Crippen LogP contribution < -0.4 is 4.74 Å². The minimum atomic E-state index is -0.602. The van der Waals surface area contributed by atoms with Gasteiger partial charge in [0.25, 0.3) is 0 Å². The lowest BCUT2D eigenvalue weighted by atomic mass is 9.83. The normalized spacial score (nSPS) is 19.3. The molecule has 2 rings (SSSR count). The molecule has 3 nitrogen and oxygen atoms in total. The number of esters is 1. The van der Waals surface area contributed by atoms with Crippen molar-refractivity contribution in [2.45, 2.75) is 51.6 Å². The number of rotatable bonds is 5. The van der Waals surface area contributed by atoms with E-state index in [1.165, 1.54) is 32.1 Å². The molecule has 110 valence electrons. The number of benzene rings is 1. The molecule has 1 saturated carbocycles. The maximum atomic E-state index is 12.0. The average molecular weight is 276 g/mol. The summed E-state index contributed by atoms with van der Waals surface area (Å²) in [6.07, 6.45) is 6.27. The van der Waals surface area contributed by atoms with Crippen molar-refractivity contribution in [3.8, 4) is 5.75 Å². The molecule has 1 aromatic carbocycles. The van der Waals surface area contributed by atoms with Crippen LogP contribution in [0.15, 0.2) is 30.3 Å². The van der Waals surface area contributed by atoms with Gasteiger partial charge in [-0.25, -0.2) is 0 Å². The molecule has 1 N–H and O–H groups in total. The highest BCUT2D eigenvalue weighted by molar-refractivity contribution is 5.75. The SMILES string of the molecule is C[C@@H](C(=O)Oc1ccccc1)[C@@H](O)CC1CCCCC1. The molecule has 0 radical (unpaired) electrons. The van der Waals surface area contributed by atoms with Crippen molar-refractivity contribution >= 4 is 5.97 Å². The molecule has 20 heavy (non-hydrogen) atoms. The Balaban J connectivity index is 1.82. The van der Waals surface area contributed by atoms with Crippen LogP contribution in [0.3, 0.4) is 0 Å². The van der Waals surface area contributed by atoms with Crippen LogP contribution in [0.5, 0.6) is 5.75 Å². The maximum absolute atomic E-state index is 12.0. The Morgan fingerprint density at radius 3 is 2.55 bits per heavy atom. The third kappa shape index (κ3) is 4.34. The second-order valence-electron chi connectivity index (χ2n) is 5.83. The van der Waals surface area contributed by atoms with Gasteiger partial charge in [-0.2, -0.15) is 0 Å². The molecule has 1 aliphatic carbocycles. The lowest BCUT2D eigenvalue weighted by Gasteiger charge is -2.26. The number of carbonyl (C=O) groups is 1. The molecule has 0 aromatic heterocycles. The molecule has 0 unspecified atom stereocenters. The van der Waals surface area contributed by atoms with Crippen molar-refractivity contribution in [1.29, 1.82) is 0 Å². The largest absolute Gasteiger partial charge is 0.426 e. The van der Waals surface area contributed by atoms with E-state index >= 15 is 0 Å². The molecule has 0 amide bonds. The first-order valence-electron chi connectivity index (χ1n) is 7.61. The second kappa shape index (κ2) is 7.44. The van der Waals surface area contributed by atoms with Gasteiger partial charge in [-0.3, -0.25) is 4.79 Å². The molecule has 0 bridgehead atoms. The number of aliphatic hydroxyl groups is 1. The quantitative estimate of drug-likeness (QED) is 0.660. The van der Waals surface area contributed by atoms with E-state index in [-0.39, 0.29) is 5.97 Å². The van der Waals surface area contributed by atoms with Crippen LogP contribution >= 0.6 is 0 Å². The first-order chi connectivity index (χ1) is 9.66.